The van der Waals surface area contributed by atoms with Gasteiger partial charge in [0.25, 0.3) is 0 Å². The Morgan fingerprint density at radius 2 is 1.45 bits per heavy atom. The fourth-order valence-electron chi connectivity index (χ4n) is 0.800. The van der Waals surface area contributed by atoms with Gasteiger partial charge in [-0.1, -0.05) is 0 Å². The number of methoxy groups -OCH3 is 2. The molecule has 0 aliphatic carbocycles. The highest BCUT2D eigenvalue weighted by atomic mass is 16.5. The van der Waals surface area contributed by atoms with Crippen LogP contribution >= 0.6 is 0 Å². The molecule has 1 saturated heterocycles. The van der Waals surface area contributed by atoms with Gasteiger partial charge in [0.05, 0.1) is 14.2 Å². The van der Waals surface area contributed by atoms with Crippen LogP contribution in [0.1, 0.15) is 0 Å². The molecule has 1 aliphatic heterocycles. The smallest absolute Gasteiger partial charge is 0.325 e. The largest absolute Gasteiger partial charge is 0.468 e. The average molecular weight is 159 g/mol. The molecule has 0 aromatic heterocycles. The fraction of sp³-hybridized carbons (Fsp3) is 0.667. The molecule has 1 fully saturated rings. The highest BCUT2D eigenvalue weighted by Crippen LogP contribution is 2.13. The van der Waals surface area contributed by atoms with Crippen LogP contribution in [0.15, 0.2) is 0 Å². The standard InChI is InChI=1S/C6H9NO4/c1-10-5(8)3-4(7-3)6(9)11-2/h3-4,7H,1-2H3/t3-,4+. The first-order valence-corrected chi connectivity index (χ1v) is 3.12. The van der Waals surface area contributed by atoms with E-state index in [0.717, 1.165) is 0 Å². The molecule has 11 heavy (non-hydrogen) atoms. The van der Waals surface area contributed by atoms with Crippen molar-refractivity contribution in [1.29, 1.82) is 0 Å². The number of nitrogens with one attached hydrogen (secondary N) is 1. The Labute approximate surface area is 63.7 Å². The molecule has 0 amide bonds. The van der Waals surface area contributed by atoms with Crippen molar-refractivity contribution in [2.45, 2.75) is 12.1 Å². The van der Waals surface area contributed by atoms with E-state index in [2.05, 4.69) is 14.8 Å². The van der Waals surface area contributed by atoms with Crippen molar-refractivity contribution in [2.75, 3.05) is 14.2 Å². The summed E-state index contributed by atoms with van der Waals surface area (Å²) in [5, 5.41) is 2.62. The molecule has 1 N–H and O–H groups in total. The lowest BCUT2D eigenvalue weighted by atomic mass is 10.3. The van der Waals surface area contributed by atoms with Gasteiger partial charge in [-0.25, -0.2) is 0 Å². The first kappa shape index (κ1) is 8.00. The number of ether oxygens (including phenoxy) is 2. The highest BCUT2D eigenvalue weighted by Gasteiger charge is 2.49. The number of hydrogen-bond donors (Lipinski definition) is 1. The van der Waals surface area contributed by atoms with Gasteiger partial charge >= 0.3 is 11.9 Å². The molecule has 2 atom stereocenters. The quantitative estimate of drug-likeness (QED) is 0.399. The van der Waals surface area contributed by atoms with Crippen LogP contribution in [0.3, 0.4) is 0 Å². The van der Waals surface area contributed by atoms with Crippen molar-refractivity contribution in [1.82, 2.24) is 5.32 Å². The van der Waals surface area contributed by atoms with Crippen molar-refractivity contribution in [3.63, 3.8) is 0 Å². The lowest BCUT2D eigenvalue weighted by Crippen LogP contribution is -2.18. The molecule has 5 heteroatoms. The van der Waals surface area contributed by atoms with E-state index >= 15 is 0 Å². The van der Waals surface area contributed by atoms with Crippen LogP contribution < -0.4 is 5.32 Å². The molecule has 1 aliphatic rings. The summed E-state index contributed by atoms with van der Waals surface area (Å²) in [5.74, 6) is -0.860. The molecule has 62 valence electrons. The van der Waals surface area contributed by atoms with Crippen LogP contribution in [0.4, 0.5) is 0 Å². The molecule has 0 radical (unpaired) electrons. The van der Waals surface area contributed by atoms with E-state index in [0.29, 0.717) is 0 Å². The van der Waals surface area contributed by atoms with Crippen molar-refractivity contribution < 1.29 is 19.1 Å². The summed E-state index contributed by atoms with van der Waals surface area (Å²) >= 11 is 0. The molecule has 1 heterocycles. The molecular weight excluding hydrogens is 150 g/mol. The Morgan fingerprint density at radius 1 is 1.09 bits per heavy atom. The average Bonchev–Trinajstić information content (AvgIpc) is 2.80. The Bertz CT molecular complexity index is 171. The van der Waals surface area contributed by atoms with E-state index in [1.165, 1.54) is 14.2 Å². The van der Waals surface area contributed by atoms with E-state index in [1.54, 1.807) is 0 Å². The third kappa shape index (κ3) is 1.48. The van der Waals surface area contributed by atoms with Crippen molar-refractivity contribution in [2.24, 2.45) is 0 Å². The monoisotopic (exact) mass is 159 g/mol. The third-order valence-corrected chi connectivity index (χ3v) is 1.49. The SMILES string of the molecule is COC(=O)[C@H]1N[C@H]1C(=O)OC. The summed E-state index contributed by atoms with van der Waals surface area (Å²) in [5.41, 5.74) is 0. The normalized spacial score (nSPS) is 27.5. The predicted octanol–water partition coefficient (Wildman–Crippen LogP) is -1.33. The number of hydrogen-bond acceptors (Lipinski definition) is 5. The van der Waals surface area contributed by atoms with Crippen LogP contribution in [0.2, 0.25) is 0 Å². The maximum atomic E-state index is 10.7. The van der Waals surface area contributed by atoms with Gasteiger partial charge in [0.15, 0.2) is 0 Å². The Kier molecular flexibility index (Phi) is 2.09. The van der Waals surface area contributed by atoms with E-state index in [1.807, 2.05) is 0 Å². The Hall–Kier alpha value is -1.10. The van der Waals surface area contributed by atoms with Gasteiger partial charge in [0.1, 0.15) is 12.1 Å². The second-order valence-corrected chi connectivity index (χ2v) is 2.17. The molecule has 0 bridgehead atoms. The van der Waals surface area contributed by atoms with Crippen LogP contribution in [0, 0.1) is 0 Å². The Balaban J connectivity index is 2.37. The third-order valence-electron chi connectivity index (χ3n) is 1.49. The van der Waals surface area contributed by atoms with Crippen molar-refractivity contribution in [3.05, 3.63) is 0 Å². The number of esters is 2. The minimum atomic E-state index is -0.507. The number of rotatable bonds is 2. The zero-order valence-corrected chi connectivity index (χ0v) is 6.29. The maximum absolute atomic E-state index is 10.7. The van der Waals surface area contributed by atoms with E-state index < -0.39 is 24.0 Å². The van der Waals surface area contributed by atoms with Gasteiger partial charge < -0.3 is 9.47 Å². The van der Waals surface area contributed by atoms with Crippen LogP contribution in [0.5, 0.6) is 0 Å². The second kappa shape index (κ2) is 2.87. The second-order valence-electron chi connectivity index (χ2n) is 2.17. The zero-order valence-electron chi connectivity index (χ0n) is 6.29. The molecule has 0 unspecified atom stereocenters. The number of carbonyl (C=O) groups excluding carboxylic acids is 2. The predicted molar refractivity (Wildman–Crippen MR) is 34.7 cm³/mol. The lowest BCUT2D eigenvalue weighted by Gasteiger charge is -1.94. The van der Waals surface area contributed by atoms with Crippen LogP contribution in [0.25, 0.3) is 0 Å². The van der Waals surface area contributed by atoms with Crippen molar-refractivity contribution in [3.8, 4) is 0 Å². The molecule has 0 spiro atoms. The number of carbonyl (C=O) groups is 2. The summed E-state index contributed by atoms with van der Waals surface area (Å²) < 4.78 is 8.78. The van der Waals surface area contributed by atoms with Gasteiger partial charge in [-0.3, -0.25) is 14.9 Å². The molecule has 0 aromatic carbocycles. The topological polar surface area (TPSA) is 74.5 Å². The first-order chi connectivity index (χ1) is 5.20. The molecule has 0 saturated carbocycles. The minimum Gasteiger partial charge on any atom is -0.468 e. The maximum Gasteiger partial charge on any atom is 0.325 e. The van der Waals surface area contributed by atoms with E-state index in [4.69, 9.17) is 0 Å². The molecule has 0 aromatic rings. The summed E-state index contributed by atoms with van der Waals surface area (Å²) in [6, 6.07) is -1.01. The summed E-state index contributed by atoms with van der Waals surface area (Å²) in [6.45, 7) is 0. The summed E-state index contributed by atoms with van der Waals surface area (Å²) in [6.07, 6.45) is 0. The zero-order chi connectivity index (χ0) is 8.43. The first-order valence-electron chi connectivity index (χ1n) is 3.12. The van der Waals surface area contributed by atoms with Gasteiger partial charge in [0.2, 0.25) is 0 Å². The van der Waals surface area contributed by atoms with E-state index in [-0.39, 0.29) is 0 Å². The van der Waals surface area contributed by atoms with Crippen LogP contribution in [-0.2, 0) is 19.1 Å². The summed E-state index contributed by atoms with van der Waals surface area (Å²) in [4.78, 5) is 21.4. The van der Waals surface area contributed by atoms with Gasteiger partial charge in [-0.05, 0) is 0 Å². The minimum absolute atomic E-state index is 0.430. The molecule has 5 nitrogen and oxygen atoms in total. The summed E-state index contributed by atoms with van der Waals surface area (Å²) in [7, 11) is 2.55. The van der Waals surface area contributed by atoms with Gasteiger partial charge in [0, 0.05) is 0 Å². The van der Waals surface area contributed by atoms with E-state index in [9.17, 15) is 9.59 Å². The van der Waals surface area contributed by atoms with Gasteiger partial charge in [-0.15, -0.1) is 0 Å². The van der Waals surface area contributed by atoms with Gasteiger partial charge in [-0.2, -0.15) is 0 Å². The van der Waals surface area contributed by atoms with Crippen molar-refractivity contribution >= 4 is 11.9 Å². The lowest BCUT2D eigenvalue weighted by molar-refractivity contribution is -0.144. The highest BCUT2D eigenvalue weighted by molar-refractivity contribution is 5.92. The van der Waals surface area contributed by atoms with Crippen LogP contribution in [-0.4, -0.2) is 38.2 Å². The molecular formula is C6H9NO4. The molecule has 1 rings (SSSR count). The fourth-order valence-corrected chi connectivity index (χ4v) is 0.800. The Morgan fingerprint density at radius 3 is 1.73 bits per heavy atom.